The number of piperidine rings is 1. The lowest BCUT2D eigenvalue weighted by Crippen LogP contribution is -2.40. The van der Waals surface area contributed by atoms with E-state index in [1.807, 2.05) is 30.4 Å². The molecule has 4 rings (SSSR count). The Morgan fingerprint density at radius 3 is 2.43 bits per heavy atom. The van der Waals surface area contributed by atoms with Crippen LogP contribution in [0.3, 0.4) is 0 Å². The maximum atomic E-state index is 12.6. The summed E-state index contributed by atoms with van der Waals surface area (Å²) in [6, 6.07) is 5.89. The van der Waals surface area contributed by atoms with Gasteiger partial charge in [-0.1, -0.05) is 0 Å². The van der Waals surface area contributed by atoms with E-state index in [2.05, 4.69) is 21.0 Å². The van der Waals surface area contributed by atoms with Crippen LogP contribution in [0.15, 0.2) is 36.8 Å². The van der Waals surface area contributed by atoms with Gasteiger partial charge >= 0.3 is 12.1 Å². The van der Waals surface area contributed by atoms with E-state index in [1.165, 1.54) is 5.69 Å². The Balaban J connectivity index is 0.000000318. The van der Waals surface area contributed by atoms with E-state index in [4.69, 9.17) is 9.90 Å². The average Bonchev–Trinajstić information content (AvgIpc) is 3.33. The van der Waals surface area contributed by atoms with E-state index in [0.717, 1.165) is 32.6 Å². The van der Waals surface area contributed by atoms with Crippen LogP contribution in [0.1, 0.15) is 16.9 Å². The third-order valence-electron chi connectivity index (χ3n) is 5.27. The van der Waals surface area contributed by atoms with Crippen molar-refractivity contribution in [3.05, 3.63) is 42.5 Å². The Morgan fingerprint density at radius 1 is 1.17 bits per heavy atom. The predicted octanol–water partition coefficient (Wildman–Crippen LogP) is 2.05. The van der Waals surface area contributed by atoms with Gasteiger partial charge in [0, 0.05) is 45.6 Å². The number of aliphatic carboxylic acids is 1. The summed E-state index contributed by atoms with van der Waals surface area (Å²) in [4.78, 5) is 30.1. The molecule has 1 amide bonds. The first-order chi connectivity index (χ1) is 14.1. The van der Waals surface area contributed by atoms with Crippen molar-refractivity contribution < 1.29 is 27.9 Å². The molecule has 0 saturated carbocycles. The van der Waals surface area contributed by atoms with E-state index in [0.29, 0.717) is 17.5 Å². The minimum Gasteiger partial charge on any atom is -0.475 e. The number of rotatable bonds is 2. The number of carboxylic acid groups (broad SMARTS) is 1. The number of amides is 1. The summed E-state index contributed by atoms with van der Waals surface area (Å²) in [7, 11) is 1.84. The molecule has 0 unspecified atom stereocenters. The number of hydrogen-bond acceptors (Lipinski definition) is 5. The van der Waals surface area contributed by atoms with Crippen LogP contribution in [-0.2, 0) is 11.8 Å². The number of aryl methyl sites for hydroxylation is 1. The summed E-state index contributed by atoms with van der Waals surface area (Å²) in [6.45, 7) is 3.73. The van der Waals surface area contributed by atoms with E-state index < -0.39 is 12.1 Å². The molecule has 4 heterocycles. The van der Waals surface area contributed by atoms with E-state index in [1.54, 1.807) is 16.9 Å². The van der Waals surface area contributed by atoms with Crippen LogP contribution in [0.5, 0.6) is 0 Å². The first kappa shape index (κ1) is 21.6. The molecular weight excluding hydrogens is 403 g/mol. The third-order valence-corrected chi connectivity index (χ3v) is 5.27. The monoisotopic (exact) mass is 425 g/mol. The Morgan fingerprint density at radius 2 is 1.87 bits per heavy atom. The van der Waals surface area contributed by atoms with Gasteiger partial charge in [-0.15, -0.1) is 0 Å². The molecule has 11 heteroatoms. The zero-order valence-electron chi connectivity index (χ0n) is 16.3. The quantitative estimate of drug-likeness (QED) is 0.792. The third kappa shape index (κ3) is 5.08. The lowest BCUT2D eigenvalue weighted by atomic mass is 9.88. The van der Waals surface area contributed by atoms with Crippen LogP contribution in [0, 0.1) is 11.8 Å². The number of nitrogens with zero attached hydrogens (tertiary/aromatic N) is 5. The van der Waals surface area contributed by atoms with Crippen molar-refractivity contribution in [2.75, 3.05) is 31.1 Å². The minimum absolute atomic E-state index is 0.0629. The van der Waals surface area contributed by atoms with Gasteiger partial charge in [0.1, 0.15) is 5.69 Å². The molecule has 2 aromatic heterocycles. The minimum atomic E-state index is -5.08. The smallest absolute Gasteiger partial charge is 0.475 e. The van der Waals surface area contributed by atoms with Gasteiger partial charge in [-0.2, -0.15) is 18.3 Å². The number of alkyl halides is 3. The molecule has 1 N–H and O–H groups in total. The maximum Gasteiger partial charge on any atom is 0.490 e. The van der Waals surface area contributed by atoms with Gasteiger partial charge < -0.3 is 14.9 Å². The second-order valence-corrected chi connectivity index (χ2v) is 7.35. The van der Waals surface area contributed by atoms with Crippen molar-refractivity contribution in [3.63, 3.8) is 0 Å². The van der Waals surface area contributed by atoms with Gasteiger partial charge in [-0.25, -0.2) is 4.79 Å². The number of fused-ring (bicyclic) bond motifs is 1. The molecule has 0 aromatic carbocycles. The molecule has 0 spiro atoms. The molecule has 162 valence electrons. The first-order valence-corrected chi connectivity index (χ1v) is 9.39. The molecule has 2 aromatic rings. The summed E-state index contributed by atoms with van der Waals surface area (Å²) in [6.07, 6.45) is 1.59. The number of carbonyl (C=O) groups is 2. The van der Waals surface area contributed by atoms with Gasteiger partial charge in [0.25, 0.3) is 5.91 Å². The molecule has 2 aliphatic rings. The van der Waals surface area contributed by atoms with Crippen LogP contribution in [0.2, 0.25) is 0 Å². The van der Waals surface area contributed by atoms with Crippen molar-refractivity contribution >= 4 is 17.6 Å². The summed E-state index contributed by atoms with van der Waals surface area (Å²) in [5, 5.41) is 11.4. The topological polar surface area (TPSA) is 91.6 Å². The number of halogens is 3. The van der Waals surface area contributed by atoms with Crippen LogP contribution in [0.4, 0.5) is 18.9 Å². The Hall–Kier alpha value is -3.11. The molecule has 2 fully saturated rings. The highest BCUT2D eigenvalue weighted by molar-refractivity contribution is 5.92. The molecule has 2 atom stereocenters. The van der Waals surface area contributed by atoms with Crippen LogP contribution in [-0.4, -0.2) is 69.0 Å². The van der Waals surface area contributed by atoms with Crippen molar-refractivity contribution in [1.82, 2.24) is 19.7 Å². The predicted molar refractivity (Wildman–Crippen MR) is 101 cm³/mol. The Bertz CT molecular complexity index is 887. The van der Waals surface area contributed by atoms with Crippen LogP contribution >= 0.6 is 0 Å². The second kappa shape index (κ2) is 8.72. The number of anilines is 1. The Labute approximate surface area is 170 Å². The lowest BCUT2D eigenvalue weighted by molar-refractivity contribution is -0.192. The normalized spacial score (nSPS) is 20.9. The highest BCUT2D eigenvalue weighted by Gasteiger charge is 2.39. The Kier molecular flexibility index (Phi) is 6.28. The summed E-state index contributed by atoms with van der Waals surface area (Å²) >= 11 is 0. The van der Waals surface area contributed by atoms with Crippen molar-refractivity contribution in [1.29, 1.82) is 0 Å². The molecule has 0 bridgehead atoms. The van der Waals surface area contributed by atoms with E-state index in [9.17, 15) is 18.0 Å². The van der Waals surface area contributed by atoms with Crippen LogP contribution in [0.25, 0.3) is 0 Å². The summed E-state index contributed by atoms with van der Waals surface area (Å²) in [5.41, 5.74) is 1.73. The van der Waals surface area contributed by atoms with E-state index in [-0.39, 0.29) is 5.91 Å². The highest BCUT2D eigenvalue weighted by atomic mass is 19.4. The van der Waals surface area contributed by atoms with Crippen molar-refractivity contribution in [2.24, 2.45) is 18.9 Å². The largest absolute Gasteiger partial charge is 0.490 e. The number of carbonyl (C=O) groups excluding carboxylic acids is 1. The molecule has 0 aliphatic carbocycles. The van der Waals surface area contributed by atoms with Gasteiger partial charge in [0.15, 0.2) is 0 Å². The molecule has 2 aliphatic heterocycles. The van der Waals surface area contributed by atoms with Gasteiger partial charge in [0.05, 0.1) is 11.9 Å². The SMILES string of the molecule is Cn1ccc(C(=O)N2C[C@@H]3CCN(c4cccnc4)C[C@@H]3C2)n1.O=C(O)C(F)(F)F. The fraction of sp³-hybridized carbons (Fsp3) is 0.474. The van der Waals surface area contributed by atoms with Crippen molar-refractivity contribution in [3.8, 4) is 0 Å². The number of carboxylic acids is 1. The van der Waals surface area contributed by atoms with Gasteiger partial charge in [0.2, 0.25) is 0 Å². The molecule has 2 saturated heterocycles. The zero-order valence-corrected chi connectivity index (χ0v) is 16.3. The van der Waals surface area contributed by atoms with Crippen LogP contribution < -0.4 is 4.90 Å². The second-order valence-electron chi connectivity index (χ2n) is 7.35. The van der Waals surface area contributed by atoms with Crippen molar-refractivity contribution in [2.45, 2.75) is 12.6 Å². The van der Waals surface area contributed by atoms with Gasteiger partial charge in [-0.05, 0) is 36.5 Å². The number of pyridine rings is 1. The fourth-order valence-electron chi connectivity index (χ4n) is 3.80. The fourth-order valence-corrected chi connectivity index (χ4v) is 3.80. The lowest BCUT2D eigenvalue weighted by Gasteiger charge is -2.35. The summed E-state index contributed by atoms with van der Waals surface area (Å²) in [5.74, 6) is -1.55. The zero-order chi connectivity index (χ0) is 21.9. The average molecular weight is 425 g/mol. The first-order valence-electron chi connectivity index (χ1n) is 9.39. The van der Waals surface area contributed by atoms with Gasteiger partial charge in [-0.3, -0.25) is 14.5 Å². The molecule has 30 heavy (non-hydrogen) atoms. The van der Waals surface area contributed by atoms with E-state index >= 15 is 0 Å². The highest BCUT2D eigenvalue weighted by Crippen LogP contribution is 2.33. The maximum absolute atomic E-state index is 12.6. The summed E-state index contributed by atoms with van der Waals surface area (Å²) < 4.78 is 33.4. The number of hydrogen-bond donors (Lipinski definition) is 1. The molecule has 8 nitrogen and oxygen atoms in total. The molecular formula is C19H22F3N5O3. The molecule has 0 radical (unpaired) electrons. The number of aromatic nitrogens is 3. The number of likely N-dealkylation sites (tertiary alicyclic amines) is 1. The standard InChI is InChI=1S/C17H21N5O.C2HF3O2/c1-20-7-5-16(19-20)17(23)22-10-13-4-8-21(11-14(13)12-22)15-3-2-6-18-9-15;3-2(4,5)1(6)7/h2-3,5-7,9,13-14H,4,8,10-12H2,1H3;(H,6,7)/t13-,14+;/m0./s1.